The van der Waals surface area contributed by atoms with Gasteiger partial charge in [-0.05, 0) is 44.0 Å². The smallest absolute Gasteiger partial charge is 0.191 e. The number of nitrogens with zero attached hydrogens (tertiary/aromatic N) is 3. The van der Waals surface area contributed by atoms with Gasteiger partial charge in [0.1, 0.15) is 11.6 Å². The van der Waals surface area contributed by atoms with Crippen LogP contribution in [0.2, 0.25) is 0 Å². The molecule has 30 heavy (non-hydrogen) atoms. The Labute approximate surface area is 179 Å². The van der Waals surface area contributed by atoms with Crippen molar-refractivity contribution in [1.29, 1.82) is 0 Å². The van der Waals surface area contributed by atoms with Crippen molar-refractivity contribution in [1.82, 2.24) is 15.6 Å². The molecule has 1 unspecified atom stereocenters. The van der Waals surface area contributed by atoms with Crippen molar-refractivity contribution < 1.29 is 9.47 Å². The second kappa shape index (κ2) is 10.8. The van der Waals surface area contributed by atoms with E-state index in [0.717, 1.165) is 54.9 Å². The number of anilines is 1. The molecule has 1 aromatic heterocycles. The van der Waals surface area contributed by atoms with Crippen LogP contribution in [0, 0.1) is 6.92 Å². The Bertz CT molecular complexity index is 838. The third kappa shape index (κ3) is 6.10. The molecule has 2 N–H and O–H groups in total. The number of aromatic nitrogens is 1. The molecule has 1 atom stereocenters. The lowest BCUT2D eigenvalue weighted by Gasteiger charge is -2.32. The van der Waals surface area contributed by atoms with Gasteiger partial charge < -0.3 is 25.0 Å². The van der Waals surface area contributed by atoms with Crippen LogP contribution in [0.15, 0.2) is 41.5 Å². The first-order valence-electron chi connectivity index (χ1n) is 10.6. The van der Waals surface area contributed by atoms with Gasteiger partial charge in [-0.2, -0.15) is 0 Å². The second-order valence-electron chi connectivity index (χ2n) is 7.52. The molecule has 0 radical (unpaired) electrons. The highest BCUT2D eigenvalue weighted by Gasteiger charge is 2.17. The van der Waals surface area contributed by atoms with Crippen molar-refractivity contribution in [2.24, 2.45) is 4.99 Å². The molecule has 7 nitrogen and oxygen atoms in total. The van der Waals surface area contributed by atoms with Crippen molar-refractivity contribution in [3.8, 4) is 5.75 Å². The zero-order chi connectivity index (χ0) is 21.3. The molecule has 0 spiro atoms. The summed E-state index contributed by atoms with van der Waals surface area (Å²) >= 11 is 0. The first kappa shape index (κ1) is 21.9. The van der Waals surface area contributed by atoms with Crippen molar-refractivity contribution in [3.63, 3.8) is 0 Å². The molecule has 1 aliphatic rings. The lowest BCUT2D eigenvalue weighted by molar-refractivity contribution is 0.0529. The molecule has 7 heteroatoms. The number of morpholine rings is 1. The molecule has 2 heterocycles. The van der Waals surface area contributed by atoms with Crippen LogP contribution in [0.25, 0.3) is 0 Å². The third-order valence-corrected chi connectivity index (χ3v) is 5.03. The lowest BCUT2D eigenvalue weighted by Crippen LogP contribution is -2.41. The Balaban J connectivity index is 1.60. The fraction of sp³-hybridized carbons (Fsp3) is 0.478. The van der Waals surface area contributed by atoms with Gasteiger partial charge in [0.15, 0.2) is 5.96 Å². The molecule has 0 bridgehead atoms. The largest absolute Gasteiger partial charge is 0.496 e. The summed E-state index contributed by atoms with van der Waals surface area (Å²) in [7, 11) is 1.70. The number of guanidine groups is 1. The van der Waals surface area contributed by atoms with Crippen molar-refractivity contribution in [3.05, 3.63) is 53.2 Å². The SMILES string of the molecule is CCNC(=NCc1ccc(N2CCOC(C)C2)nc1)NCc1ccc(C)cc1OC. The summed E-state index contributed by atoms with van der Waals surface area (Å²) in [4.78, 5) is 11.6. The van der Waals surface area contributed by atoms with Crippen LogP contribution < -0.4 is 20.3 Å². The average Bonchev–Trinajstić information content (AvgIpc) is 2.76. The highest BCUT2D eigenvalue weighted by Crippen LogP contribution is 2.19. The van der Waals surface area contributed by atoms with Gasteiger partial charge in [-0.3, -0.25) is 0 Å². The first-order valence-corrected chi connectivity index (χ1v) is 10.6. The molecule has 3 rings (SSSR count). The summed E-state index contributed by atoms with van der Waals surface area (Å²) in [5.41, 5.74) is 3.35. The number of pyridine rings is 1. The van der Waals surface area contributed by atoms with Gasteiger partial charge in [0.05, 0.1) is 26.4 Å². The van der Waals surface area contributed by atoms with Crippen LogP contribution >= 0.6 is 0 Å². The molecule has 0 saturated carbocycles. The van der Waals surface area contributed by atoms with E-state index in [1.807, 2.05) is 12.3 Å². The van der Waals surface area contributed by atoms with Crippen molar-refractivity contribution in [2.45, 2.75) is 40.0 Å². The number of nitrogens with one attached hydrogen (secondary N) is 2. The highest BCUT2D eigenvalue weighted by atomic mass is 16.5. The predicted octanol–water partition coefficient (Wildman–Crippen LogP) is 2.88. The van der Waals surface area contributed by atoms with E-state index >= 15 is 0 Å². The number of methoxy groups -OCH3 is 1. The van der Waals surface area contributed by atoms with Gasteiger partial charge in [0, 0.05) is 37.9 Å². The molecule has 162 valence electrons. The zero-order valence-corrected chi connectivity index (χ0v) is 18.4. The van der Waals surface area contributed by atoms with Gasteiger partial charge >= 0.3 is 0 Å². The Morgan fingerprint density at radius 1 is 1.30 bits per heavy atom. The van der Waals surface area contributed by atoms with E-state index in [1.54, 1.807) is 7.11 Å². The summed E-state index contributed by atoms with van der Waals surface area (Å²) in [6.07, 6.45) is 2.15. The van der Waals surface area contributed by atoms with Crippen LogP contribution in [0.3, 0.4) is 0 Å². The number of hydrogen-bond donors (Lipinski definition) is 2. The number of aliphatic imine (C=N–C) groups is 1. The Kier molecular flexibility index (Phi) is 7.90. The van der Waals surface area contributed by atoms with Crippen LogP contribution in [0.1, 0.15) is 30.5 Å². The summed E-state index contributed by atoms with van der Waals surface area (Å²) in [5.74, 6) is 2.65. The maximum atomic E-state index is 5.61. The normalized spacial score (nSPS) is 17.0. The third-order valence-electron chi connectivity index (χ3n) is 5.03. The maximum Gasteiger partial charge on any atom is 0.191 e. The van der Waals surface area contributed by atoms with Crippen molar-refractivity contribution in [2.75, 3.05) is 38.3 Å². The van der Waals surface area contributed by atoms with Gasteiger partial charge in [0.2, 0.25) is 0 Å². The maximum absolute atomic E-state index is 5.61. The van der Waals surface area contributed by atoms with E-state index in [9.17, 15) is 0 Å². The number of benzene rings is 1. The fourth-order valence-corrected chi connectivity index (χ4v) is 3.41. The van der Waals surface area contributed by atoms with E-state index in [2.05, 4.69) is 65.6 Å². The first-order chi connectivity index (χ1) is 14.6. The molecule has 0 amide bonds. The summed E-state index contributed by atoms with van der Waals surface area (Å²) in [6.45, 7) is 10.7. The molecule has 2 aromatic rings. The summed E-state index contributed by atoms with van der Waals surface area (Å²) in [6, 6.07) is 10.4. The minimum Gasteiger partial charge on any atom is -0.496 e. The van der Waals surface area contributed by atoms with E-state index in [-0.39, 0.29) is 6.10 Å². The zero-order valence-electron chi connectivity index (χ0n) is 18.4. The standard InChI is InChI=1S/C23H33N5O2/c1-5-24-23(27-15-20-8-6-17(2)12-21(20)29-4)26-14-19-7-9-22(25-13-19)28-10-11-30-18(3)16-28/h6-9,12-13,18H,5,10-11,14-16H2,1-4H3,(H2,24,26,27). The van der Waals surface area contributed by atoms with Gasteiger partial charge in [-0.1, -0.05) is 18.2 Å². The Morgan fingerprint density at radius 3 is 2.87 bits per heavy atom. The predicted molar refractivity (Wildman–Crippen MR) is 121 cm³/mol. The second-order valence-corrected chi connectivity index (χ2v) is 7.52. The minimum atomic E-state index is 0.241. The quantitative estimate of drug-likeness (QED) is 0.539. The minimum absolute atomic E-state index is 0.241. The Morgan fingerprint density at radius 2 is 2.17 bits per heavy atom. The monoisotopic (exact) mass is 411 g/mol. The van der Waals surface area contributed by atoms with Gasteiger partial charge in [-0.15, -0.1) is 0 Å². The van der Waals surface area contributed by atoms with Crippen LogP contribution in [-0.2, 0) is 17.8 Å². The lowest BCUT2D eigenvalue weighted by atomic mass is 10.1. The molecule has 1 saturated heterocycles. The summed E-state index contributed by atoms with van der Waals surface area (Å²) in [5, 5.41) is 6.68. The van der Waals surface area contributed by atoms with Crippen LogP contribution in [0.5, 0.6) is 5.75 Å². The van der Waals surface area contributed by atoms with E-state index in [0.29, 0.717) is 13.1 Å². The Hall–Kier alpha value is -2.80. The number of hydrogen-bond acceptors (Lipinski definition) is 5. The number of aryl methyl sites for hydroxylation is 1. The highest BCUT2D eigenvalue weighted by molar-refractivity contribution is 5.79. The molecule has 1 aromatic carbocycles. The molecular formula is C23H33N5O2. The topological polar surface area (TPSA) is 71.0 Å². The average molecular weight is 412 g/mol. The molecule has 0 aliphatic carbocycles. The van der Waals surface area contributed by atoms with E-state index in [4.69, 9.17) is 14.5 Å². The van der Waals surface area contributed by atoms with Gasteiger partial charge in [-0.25, -0.2) is 9.98 Å². The molecule has 1 aliphatic heterocycles. The van der Waals surface area contributed by atoms with Crippen molar-refractivity contribution >= 4 is 11.8 Å². The summed E-state index contributed by atoms with van der Waals surface area (Å²) < 4.78 is 11.1. The molecule has 1 fully saturated rings. The van der Waals surface area contributed by atoms with E-state index < -0.39 is 0 Å². The number of ether oxygens (including phenoxy) is 2. The fourth-order valence-electron chi connectivity index (χ4n) is 3.41. The number of rotatable bonds is 7. The van der Waals surface area contributed by atoms with Crippen LogP contribution in [-0.4, -0.2) is 50.4 Å². The van der Waals surface area contributed by atoms with E-state index in [1.165, 1.54) is 5.56 Å². The van der Waals surface area contributed by atoms with Gasteiger partial charge in [0.25, 0.3) is 0 Å². The van der Waals surface area contributed by atoms with Crippen LogP contribution in [0.4, 0.5) is 5.82 Å². The molecular weight excluding hydrogens is 378 g/mol.